The van der Waals surface area contributed by atoms with E-state index in [0.29, 0.717) is 13.0 Å². The molecule has 0 fully saturated rings. The molecule has 0 bridgehead atoms. The monoisotopic (exact) mass is 250 g/mol. The number of fused-ring (bicyclic) bond motifs is 1. The van der Waals surface area contributed by atoms with Crippen LogP contribution in [0, 0.1) is 0 Å². The van der Waals surface area contributed by atoms with Crippen molar-refractivity contribution in [2.75, 3.05) is 13.1 Å². The zero-order chi connectivity index (χ0) is 13.3. The highest BCUT2D eigenvalue weighted by molar-refractivity contribution is 5.66. The number of benzene rings is 1. The Bertz CT molecular complexity index is 462. The Morgan fingerprint density at radius 3 is 2.94 bits per heavy atom. The molecule has 1 aliphatic heterocycles. The lowest BCUT2D eigenvalue weighted by Crippen LogP contribution is -2.38. The number of amides is 1. The van der Waals surface area contributed by atoms with Crippen molar-refractivity contribution in [2.24, 2.45) is 5.73 Å². The van der Waals surface area contributed by atoms with Gasteiger partial charge in [-0.3, -0.25) is 0 Å². The van der Waals surface area contributed by atoms with E-state index in [1.54, 1.807) is 0 Å². The maximum atomic E-state index is 11.1. The average Bonchev–Trinajstić information content (AvgIpc) is 2.37. The molecule has 2 unspecified atom stereocenters. The van der Waals surface area contributed by atoms with Crippen LogP contribution in [-0.2, 0) is 6.42 Å². The summed E-state index contributed by atoms with van der Waals surface area (Å²) in [7, 11) is 0. The van der Waals surface area contributed by atoms with Gasteiger partial charge in [0.25, 0.3) is 0 Å². The molecule has 18 heavy (non-hydrogen) atoms. The summed E-state index contributed by atoms with van der Waals surface area (Å²) in [4.78, 5) is 12.5. The molecule has 0 aromatic heterocycles. The number of hydrogen-bond acceptors (Lipinski definition) is 3. The zero-order valence-electron chi connectivity index (χ0n) is 10.3. The Balaban J connectivity index is 2.42. The maximum Gasteiger partial charge on any atom is 0.407 e. The molecule has 5 heteroatoms. The smallest absolute Gasteiger partial charge is 0.407 e. The quantitative estimate of drug-likeness (QED) is 0.737. The minimum Gasteiger partial charge on any atom is -0.465 e. The highest BCUT2D eigenvalue weighted by atomic mass is 16.4. The summed E-state index contributed by atoms with van der Waals surface area (Å²) < 4.78 is 0. The van der Waals surface area contributed by atoms with E-state index in [1.807, 2.05) is 25.1 Å². The number of nitrogens with two attached hydrogens (primary N) is 1. The number of carbonyl (C=O) groups is 1. The third-order valence-electron chi connectivity index (χ3n) is 3.60. The van der Waals surface area contributed by atoms with Crippen LogP contribution >= 0.6 is 0 Å². The number of carboxylic acid groups (broad SMARTS) is 1. The Hall–Kier alpha value is -1.59. The van der Waals surface area contributed by atoms with Crippen molar-refractivity contribution < 1.29 is 15.0 Å². The van der Waals surface area contributed by atoms with Crippen molar-refractivity contribution in [1.29, 1.82) is 0 Å². The molecular weight excluding hydrogens is 232 g/mol. The lowest BCUT2D eigenvalue weighted by molar-refractivity contribution is 0.123. The summed E-state index contributed by atoms with van der Waals surface area (Å²) in [6, 6.07) is 5.44. The number of nitrogens with zero attached hydrogens (tertiary/aromatic N) is 1. The first-order chi connectivity index (χ1) is 8.56. The summed E-state index contributed by atoms with van der Waals surface area (Å²) in [5.41, 5.74) is 8.33. The van der Waals surface area contributed by atoms with E-state index >= 15 is 0 Å². The summed E-state index contributed by atoms with van der Waals surface area (Å²) in [6.07, 6.45) is -0.958. The van der Waals surface area contributed by atoms with Crippen molar-refractivity contribution in [3.05, 3.63) is 34.9 Å². The van der Waals surface area contributed by atoms with E-state index in [1.165, 1.54) is 4.90 Å². The molecule has 1 heterocycles. The fourth-order valence-electron chi connectivity index (χ4n) is 2.60. The molecule has 2 rings (SSSR count). The second-order valence-electron chi connectivity index (χ2n) is 4.57. The highest BCUT2D eigenvalue weighted by Gasteiger charge is 2.29. The van der Waals surface area contributed by atoms with Gasteiger partial charge in [0.2, 0.25) is 0 Å². The van der Waals surface area contributed by atoms with Gasteiger partial charge in [-0.2, -0.15) is 0 Å². The van der Waals surface area contributed by atoms with Crippen LogP contribution in [0.5, 0.6) is 0 Å². The third kappa shape index (κ3) is 2.07. The van der Waals surface area contributed by atoms with Crippen molar-refractivity contribution in [2.45, 2.75) is 25.5 Å². The molecule has 0 radical (unpaired) electrons. The minimum atomic E-state index is -0.905. The Morgan fingerprint density at radius 2 is 2.33 bits per heavy atom. The van der Waals surface area contributed by atoms with Crippen LogP contribution in [0.15, 0.2) is 18.2 Å². The van der Waals surface area contributed by atoms with E-state index in [2.05, 4.69) is 0 Å². The number of rotatable bonds is 2. The van der Waals surface area contributed by atoms with Crippen LogP contribution < -0.4 is 5.73 Å². The summed E-state index contributed by atoms with van der Waals surface area (Å²) in [5, 5.41) is 19.0. The van der Waals surface area contributed by atoms with Crippen molar-refractivity contribution >= 4 is 6.09 Å². The van der Waals surface area contributed by atoms with Gasteiger partial charge in [-0.25, -0.2) is 4.79 Å². The van der Waals surface area contributed by atoms with Crippen molar-refractivity contribution in [1.82, 2.24) is 4.90 Å². The van der Waals surface area contributed by atoms with Gasteiger partial charge in [0, 0.05) is 13.1 Å². The number of hydrogen-bond donors (Lipinski definition) is 3. The molecule has 1 amide bonds. The molecule has 1 aromatic rings. The molecule has 0 aliphatic carbocycles. The molecule has 5 nitrogen and oxygen atoms in total. The normalized spacial score (nSPS) is 20.4. The van der Waals surface area contributed by atoms with Crippen LogP contribution in [0.1, 0.15) is 35.8 Å². The van der Waals surface area contributed by atoms with Gasteiger partial charge in [0.05, 0.1) is 12.1 Å². The molecule has 1 aromatic carbocycles. The van der Waals surface area contributed by atoms with Gasteiger partial charge in [-0.1, -0.05) is 18.2 Å². The van der Waals surface area contributed by atoms with E-state index < -0.39 is 12.2 Å². The Labute approximate surface area is 106 Å². The van der Waals surface area contributed by atoms with Crippen LogP contribution in [0.25, 0.3) is 0 Å². The minimum absolute atomic E-state index is 0.174. The molecule has 0 saturated heterocycles. The number of aliphatic hydroxyl groups excluding tert-OH is 1. The van der Waals surface area contributed by atoms with Gasteiger partial charge in [-0.15, -0.1) is 0 Å². The number of aliphatic hydroxyl groups is 1. The molecule has 0 saturated carbocycles. The standard InChI is InChI=1S/C13H18N2O3/c1-8-9-3-2-4-11(12(16)7-14)10(9)5-6-15(8)13(17)18/h2-4,8,12,16H,5-7,14H2,1H3,(H,17,18). The van der Waals surface area contributed by atoms with Crippen LogP contribution in [-0.4, -0.2) is 34.3 Å². The molecule has 4 N–H and O–H groups in total. The predicted molar refractivity (Wildman–Crippen MR) is 67.3 cm³/mol. The fraction of sp³-hybridized carbons (Fsp3) is 0.462. The zero-order valence-corrected chi connectivity index (χ0v) is 10.3. The van der Waals surface area contributed by atoms with E-state index in [0.717, 1.165) is 16.7 Å². The van der Waals surface area contributed by atoms with Gasteiger partial charge < -0.3 is 20.8 Å². The van der Waals surface area contributed by atoms with Crippen LogP contribution in [0.3, 0.4) is 0 Å². The SMILES string of the molecule is CC1c2cccc(C(O)CN)c2CCN1C(=O)O. The first kappa shape index (κ1) is 12.9. The molecule has 2 atom stereocenters. The van der Waals surface area contributed by atoms with Gasteiger partial charge in [-0.05, 0) is 30.0 Å². The first-order valence-electron chi connectivity index (χ1n) is 6.05. The van der Waals surface area contributed by atoms with E-state index in [9.17, 15) is 9.90 Å². The third-order valence-corrected chi connectivity index (χ3v) is 3.60. The van der Waals surface area contributed by atoms with Crippen LogP contribution in [0.2, 0.25) is 0 Å². The molecule has 0 spiro atoms. The highest BCUT2D eigenvalue weighted by Crippen LogP contribution is 2.33. The van der Waals surface area contributed by atoms with Crippen molar-refractivity contribution in [3.63, 3.8) is 0 Å². The van der Waals surface area contributed by atoms with E-state index in [-0.39, 0.29) is 12.6 Å². The predicted octanol–water partition coefficient (Wildman–Crippen LogP) is 1.28. The Morgan fingerprint density at radius 1 is 1.61 bits per heavy atom. The molecular formula is C13H18N2O3. The van der Waals surface area contributed by atoms with Crippen LogP contribution in [0.4, 0.5) is 4.79 Å². The summed E-state index contributed by atoms with van der Waals surface area (Å²) in [6.45, 7) is 2.50. The van der Waals surface area contributed by atoms with Gasteiger partial charge >= 0.3 is 6.09 Å². The lowest BCUT2D eigenvalue weighted by atomic mass is 9.88. The lowest BCUT2D eigenvalue weighted by Gasteiger charge is -2.34. The van der Waals surface area contributed by atoms with Crippen molar-refractivity contribution in [3.8, 4) is 0 Å². The molecule has 1 aliphatic rings. The first-order valence-corrected chi connectivity index (χ1v) is 6.05. The maximum absolute atomic E-state index is 11.1. The average molecular weight is 250 g/mol. The van der Waals surface area contributed by atoms with E-state index in [4.69, 9.17) is 10.8 Å². The Kier molecular flexibility index (Phi) is 3.54. The summed E-state index contributed by atoms with van der Waals surface area (Å²) in [5.74, 6) is 0. The largest absolute Gasteiger partial charge is 0.465 e. The second kappa shape index (κ2) is 4.96. The summed E-state index contributed by atoms with van der Waals surface area (Å²) >= 11 is 0. The molecule has 98 valence electrons. The topological polar surface area (TPSA) is 86.8 Å². The fourth-order valence-corrected chi connectivity index (χ4v) is 2.60. The van der Waals surface area contributed by atoms with Gasteiger partial charge in [0.15, 0.2) is 0 Å². The second-order valence-corrected chi connectivity index (χ2v) is 4.57. The van der Waals surface area contributed by atoms with Gasteiger partial charge in [0.1, 0.15) is 0 Å².